The Morgan fingerprint density at radius 3 is 2.38 bits per heavy atom. The summed E-state index contributed by atoms with van der Waals surface area (Å²) in [4.78, 5) is 0. The summed E-state index contributed by atoms with van der Waals surface area (Å²) in [7, 11) is 0. The number of rotatable bonds is 3. The molecule has 0 fully saturated rings. The zero-order valence-corrected chi connectivity index (χ0v) is 10.5. The Morgan fingerprint density at radius 2 is 1.81 bits per heavy atom. The van der Waals surface area contributed by atoms with Crippen LogP contribution in [0.2, 0.25) is 0 Å². The maximum absolute atomic E-state index is 2.42. The number of hydrogen-bond acceptors (Lipinski definition) is 0. The lowest BCUT2D eigenvalue weighted by molar-refractivity contribution is 0.647. The van der Waals surface area contributed by atoms with E-state index in [1.165, 1.54) is 43.2 Å². The Morgan fingerprint density at radius 1 is 1.06 bits per heavy atom. The van der Waals surface area contributed by atoms with Gasteiger partial charge in [-0.3, -0.25) is 0 Å². The maximum Gasteiger partial charge on any atom is -0.0228 e. The molecular formula is C16H22. The van der Waals surface area contributed by atoms with Crippen LogP contribution in [0.25, 0.3) is 5.57 Å². The first-order valence-corrected chi connectivity index (χ1v) is 6.54. The molecule has 0 N–H and O–H groups in total. The van der Waals surface area contributed by atoms with Gasteiger partial charge in [0.15, 0.2) is 0 Å². The predicted octanol–water partition coefficient (Wildman–Crippen LogP) is 4.84. The van der Waals surface area contributed by atoms with Gasteiger partial charge in [-0.15, -0.1) is 0 Å². The van der Waals surface area contributed by atoms with Gasteiger partial charge in [-0.25, -0.2) is 0 Å². The molecule has 1 aromatic carbocycles. The first-order valence-electron chi connectivity index (χ1n) is 6.54. The fraction of sp³-hybridized carbons (Fsp3) is 0.500. The van der Waals surface area contributed by atoms with Gasteiger partial charge >= 0.3 is 0 Å². The van der Waals surface area contributed by atoms with Crippen LogP contribution in [0.3, 0.4) is 0 Å². The average Bonchev–Trinajstić information content (AvgIpc) is 2.30. The molecule has 0 saturated heterocycles. The maximum atomic E-state index is 2.42. The lowest BCUT2D eigenvalue weighted by atomic mass is 9.92. The Bertz CT molecular complexity index is 354. The SMILES string of the molecule is CC(C)Cc1ccc(C2=CCCCC2)cc1. The van der Waals surface area contributed by atoms with Gasteiger partial charge in [0.1, 0.15) is 0 Å². The molecule has 1 aliphatic rings. The molecule has 0 amide bonds. The highest BCUT2D eigenvalue weighted by Crippen LogP contribution is 2.26. The summed E-state index contributed by atoms with van der Waals surface area (Å²) in [5, 5.41) is 0. The van der Waals surface area contributed by atoms with Crippen molar-refractivity contribution in [3.05, 3.63) is 41.5 Å². The molecule has 86 valence electrons. The number of hydrogen-bond donors (Lipinski definition) is 0. The van der Waals surface area contributed by atoms with Crippen LogP contribution in [-0.2, 0) is 6.42 Å². The third-order valence-corrected chi connectivity index (χ3v) is 3.26. The van der Waals surface area contributed by atoms with Crippen molar-refractivity contribution >= 4 is 5.57 Å². The summed E-state index contributed by atoms with van der Waals surface area (Å²) >= 11 is 0. The zero-order valence-electron chi connectivity index (χ0n) is 10.5. The molecule has 2 rings (SSSR count). The van der Waals surface area contributed by atoms with Gasteiger partial charge in [-0.1, -0.05) is 44.2 Å². The van der Waals surface area contributed by atoms with Gasteiger partial charge in [0.2, 0.25) is 0 Å². The molecular weight excluding hydrogens is 192 g/mol. The van der Waals surface area contributed by atoms with Gasteiger partial charge in [0, 0.05) is 0 Å². The highest BCUT2D eigenvalue weighted by atomic mass is 14.1. The van der Waals surface area contributed by atoms with Gasteiger partial charge in [0.25, 0.3) is 0 Å². The molecule has 1 aromatic rings. The van der Waals surface area contributed by atoms with Gasteiger partial charge in [0.05, 0.1) is 0 Å². The smallest absolute Gasteiger partial charge is 0.0228 e. The second-order valence-corrected chi connectivity index (χ2v) is 5.27. The molecule has 0 aliphatic heterocycles. The van der Waals surface area contributed by atoms with Crippen molar-refractivity contribution in [2.75, 3.05) is 0 Å². The largest absolute Gasteiger partial charge is 0.0807 e. The highest BCUT2D eigenvalue weighted by Gasteiger charge is 2.06. The van der Waals surface area contributed by atoms with Crippen molar-refractivity contribution in [3.8, 4) is 0 Å². The van der Waals surface area contributed by atoms with Crippen LogP contribution in [-0.4, -0.2) is 0 Å². The topological polar surface area (TPSA) is 0 Å². The third kappa shape index (κ3) is 2.98. The van der Waals surface area contributed by atoms with Crippen LogP contribution >= 0.6 is 0 Å². The predicted molar refractivity (Wildman–Crippen MR) is 71.4 cm³/mol. The van der Waals surface area contributed by atoms with E-state index in [1.54, 1.807) is 5.57 Å². The van der Waals surface area contributed by atoms with E-state index >= 15 is 0 Å². The first kappa shape index (κ1) is 11.4. The van der Waals surface area contributed by atoms with Crippen molar-refractivity contribution in [1.29, 1.82) is 0 Å². The summed E-state index contributed by atoms with van der Waals surface area (Å²) in [6.07, 6.45) is 8.88. The van der Waals surface area contributed by atoms with Crippen LogP contribution in [0.5, 0.6) is 0 Å². The molecule has 0 heterocycles. The van der Waals surface area contributed by atoms with Gasteiger partial charge in [-0.05, 0) is 54.7 Å². The van der Waals surface area contributed by atoms with E-state index in [0.29, 0.717) is 0 Å². The van der Waals surface area contributed by atoms with E-state index in [-0.39, 0.29) is 0 Å². The Kier molecular flexibility index (Phi) is 3.82. The fourth-order valence-corrected chi connectivity index (χ4v) is 2.43. The van der Waals surface area contributed by atoms with Crippen LogP contribution in [0, 0.1) is 5.92 Å². The fourth-order valence-electron chi connectivity index (χ4n) is 2.43. The molecule has 0 bridgehead atoms. The summed E-state index contributed by atoms with van der Waals surface area (Å²) in [6, 6.07) is 9.19. The summed E-state index contributed by atoms with van der Waals surface area (Å²) in [5.74, 6) is 0.750. The quantitative estimate of drug-likeness (QED) is 0.675. The van der Waals surface area contributed by atoms with Crippen molar-refractivity contribution in [2.24, 2.45) is 5.92 Å². The monoisotopic (exact) mass is 214 g/mol. The van der Waals surface area contributed by atoms with Crippen LogP contribution in [0.4, 0.5) is 0 Å². The molecule has 1 aliphatic carbocycles. The van der Waals surface area contributed by atoms with E-state index in [1.807, 2.05) is 0 Å². The molecule has 0 aromatic heterocycles. The normalized spacial score (nSPS) is 16.3. The first-order chi connectivity index (χ1) is 7.75. The van der Waals surface area contributed by atoms with Crippen molar-refractivity contribution in [2.45, 2.75) is 46.0 Å². The molecule has 0 spiro atoms. The Hall–Kier alpha value is -1.04. The zero-order chi connectivity index (χ0) is 11.4. The minimum absolute atomic E-state index is 0.750. The lowest BCUT2D eigenvalue weighted by Crippen LogP contribution is -1.95. The van der Waals surface area contributed by atoms with Crippen molar-refractivity contribution in [1.82, 2.24) is 0 Å². The van der Waals surface area contributed by atoms with Gasteiger partial charge < -0.3 is 0 Å². The minimum Gasteiger partial charge on any atom is -0.0807 e. The van der Waals surface area contributed by atoms with Crippen molar-refractivity contribution < 1.29 is 0 Å². The van der Waals surface area contributed by atoms with E-state index in [0.717, 1.165) is 5.92 Å². The van der Waals surface area contributed by atoms with E-state index in [2.05, 4.69) is 44.2 Å². The van der Waals surface area contributed by atoms with E-state index < -0.39 is 0 Å². The average molecular weight is 214 g/mol. The van der Waals surface area contributed by atoms with Crippen LogP contribution in [0.15, 0.2) is 30.3 Å². The van der Waals surface area contributed by atoms with Crippen LogP contribution < -0.4 is 0 Å². The van der Waals surface area contributed by atoms with E-state index in [4.69, 9.17) is 0 Å². The Balaban J connectivity index is 2.09. The minimum atomic E-state index is 0.750. The van der Waals surface area contributed by atoms with Crippen LogP contribution in [0.1, 0.15) is 50.7 Å². The summed E-state index contributed by atoms with van der Waals surface area (Å²) in [5.41, 5.74) is 4.46. The molecule has 0 nitrogen and oxygen atoms in total. The lowest BCUT2D eigenvalue weighted by Gasteiger charge is -2.13. The molecule has 0 atom stereocenters. The molecule has 0 heteroatoms. The highest BCUT2D eigenvalue weighted by molar-refractivity contribution is 5.66. The third-order valence-electron chi connectivity index (χ3n) is 3.26. The second-order valence-electron chi connectivity index (χ2n) is 5.27. The van der Waals surface area contributed by atoms with Gasteiger partial charge in [-0.2, -0.15) is 0 Å². The van der Waals surface area contributed by atoms with E-state index in [9.17, 15) is 0 Å². The Labute approximate surface area is 99.4 Å². The molecule has 16 heavy (non-hydrogen) atoms. The summed E-state index contributed by atoms with van der Waals surface area (Å²) in [6.45, 7) is 4.55. The number of benzene rings is 1. The van der Waals surface area contributed by atoms with Crippen molar-refractivity contribution in [3.63, 3.8) is 0 Å². The number of allylic oxidation sites excluding steroid dienone is 2. The standard InChI is InChI=1S/C16H22/c1-13(2)12-14-8-10-16(11-9-14)15-6-4-3-5-7-15/h6,8-11,13H,3-5,7,12H2,1-2H3. The summed E-state index contributed by atoms with van der Waals surface area (Å²) < 4.78 is 0. The second kappa shape index (κ2) is 5.34. The molecule has 0 unspecified atom stereocenters. The molecule has 0 saturated carbocycles. The molecule has 0 radical (unpaired) electrons.